The second-order valence-electron chi connectivity index (χ2n) is 3.17. The maximum Gasteiger partial charge on any atom is 0.0566 e. The van der Waals surface area contributed by atoms with Gasteiger partial charge in [-0.1, -0.05) is 36.4 Å². The van der Waals surface area contributed by atoms with E-state index in [-0.39, 0.29) is 18.4 Å². The second-order valence-corrected chi connectivity index (χ2v) is 3.17. The van der Waals surface area contributed by atoms with Gasteiger partial charge in [0, 0.05) is 12.4 Å². The Morgan fingerprint density at radius 3 is 2.20 bits per heavy atom. The van der Waals surface area contributed by atoms with E-state index in [0.29, 0.717) is 0 Å². The first-order valence-electron chi connectivity index (χ1n) is 4.58. The lowest BCUT2D eigenvalue weighted by atomic mass is 10.0. The molecular weight excluding hydrogens is 208 g/mol. The molecule has 3 heteroatoms. The Morgan fingerprint density at radius 2 is 1.60 bits per heavy atom. The van der Waals surface area contributed by atoms with Crippen LogP contribution in [0.15, 0.2) is 54.9 Å². The first-order valence-corrected chi connectivity index (χ1v) is 4.58. The number of nitrogens with two attached hydrogens (primary N) is 1. The summed E-state index contributed by atoms with van der Waals surface area (Å²) in [7, 11) is 0. The van der Waals surface area contributed by atoms with Crippen LogP contribution >= 0.6 is 12.4 Å². The van der Waals surface area contributed by atoms with Crippen LogP contribution in [0.2, 0.25) is 0 Å². The molecule has 0 unspecified atom stereocenters. The highest BCUT2D eigenvalue weighted by Gasteiger charge is 2.06. The SMILES string of the molecule is Cl.N[C@H](c1ccccc1)c1cccnc1. The summed E-state index contributed by atoms with van der Waals surface area (Å²) in [6, 6.07) is 13.8. The summed E-state index contributed by atoms with van der Waals surface area (Å²) in [5.41, 5.74) is 8.23. The molecule has 1 heterocycles. The highest BCUT2D eigenvalue weighted by molar-refractivity contribution is 5.85. The monoisotopic (exact) mass is 220 g/mol. The molecule has 0 aliphatic rings. The van der Waals surface area contributed by atoms with Crippen LogP contribution in [-0.4, -0.2) is 4.98 Å². The molecule has 0 radical (unpaired) electrons. The molecule has 2 rings (SSSR count). The number of nitrogens with zero attached hydrogens (tertiary/aromatic N) is 1. The Labute approximate surface area is 95.6 Å². The maximum absolute atomic E-state index is 6.08. The summed E-state index contributed by atoms with van der Waals surface area (Å²) in [5.74, 6) is 0. The van der Waals surface area contributed by atoms with Gasteiger partial charge in [0.2, 0.25) is 0 Å². The maximum atomic E-state index is 6.08. The molecule has 0 bridgehead atoms. The molecule has 2 nitrogen and oxygen atoms in total. The van der Waals surface area contributed by atoms with Crippen LogP contribution in [0, 0.1) is 0 Å². The third-order valence-electron chi connectivity index (χ3n) is 2.20. The summed E-state index contributed by atoms with van der Waals surface area (Å²) in [5, 5.41) is 0. The predicted octanol–water partition coefficient (Wildman–Crippen LogP) is 2.55. The first kappa shape index (κ1) is 11.7. The Balaban J connectivity index is 0.00000112. The van der Waals surface area contributed by atoms with Crippen molar-refractivity contribution in [2.45, 2.75) is 6.04 Å². The van der Waals surface area contributed by atoms with Gasteiger partial charge in [0.05, 0.1) is 6.04 Å². The quantitative estimate of drug-likeness (QED) is 0.845. The molecule has 1 aromatic carbocycles. The molecule has 2 aromatic rings. The molecule has 0 amide bonds. The van der Waals surface area contributed by atoms with Crippen molar-refractivity contribution in [3.05, 3.63) is 66.0 Å². The fourth-order valence-electron chi connectivity index (χ4n) is 1.41. The van der Waals surface area contributed by atoms with Gasteiger partial charge in [0.1, 0.15) is 0 Å². The average Bonchev–Trinajstić information content (AvgIpc) is 2.30. The van der Waals surface area contributed by atoms with Crippen LogP contribution in [0.3, 0.4) is 0 Å². The Kier molecular flexibility index (Phi) is 4.28. The lowest BCUT2D eigenvalue weighted by Gasteiger charge is -2.11. The number of hydrogen-bond donors (Lipinski definition) is 1. The zero-order valence-electron chi connectivity index (χ0n) is 8.21. The van der Waals surface area contributed by atoms with Gasteiger partial charge in [-0.15, -0.1) is 12.4 Å². The third kappa shape index (κ3) is 2.78. The molecule has 0 saturated heterocycles. The van der Waals surface area contributed by atoms with E-state index in [0.717, 1.165) is 11.1 Å². The van der Waals surface area contributed by atoms with Crippen molar-refractivity contribution in [2.24, 2.45) is 5.73 Å². The number of aromatic nitrogens is 1. The van der Waals surface area contributed by atoms with E-state index in [4.69, 9.17) is 5.73 Å². The normalized spacial score (nSPS) is 11.5. The number of pyridine rings is 1. The molecule has 0 spiro atoms. The van der Waals surface area contributed by atoms with Crippen LogP contribution in [-0.2, 0) is 0 Å². The minimum Gasteiger partial charge on any atom is -0.320 e. The number of hydrogen-bond acceptors (Lipinski definition) is 2. The van der Waals surface area contributed by atoms with Gasteiger partial charge in [0.25, 0.3) is 0 Å². The zero-order chi connectivity index (χ0) is 9.80. The smallest absolute Gasteiger partial charge is 0.0566 e. The zero-order valence-corrected chi connectivity index (χ0v) is 9.02. The van der Waals surface area contributed by atoms with Crippen LogP contribution in [0.5, 0.6) is 0 Å². The van der Waals surface area contributed by atoms with E-state index < -0.39 is 0 Å². The van der Waals surface area contributed by atoms with Crippen molar-refractivity contribution in [2.75, 3.05) is 0 Å². The van der Waals surface area contributed by atoms with Gasteiger partial charge in [-0.3, -0.25) is 4.98 Å². The van der Waals surface area contributed by atoms with Gasteiger partial charge < -0.3 is 5.73 Å². The molecule has 78 valence electrons. The van der Waals surface area contributed by atoms with Gasteiger partial charge in [-0.25, -0.2) is 0 Å². The van der Waals surface area contributed by atoms with E-state index in [2.05, 4.69) is 4.98 Å². The van der Waals surface area contributed by atoms with Gasteiger partial charge in [0.15, 0.2) is 0 Å². The summed E-state index contributed by atoms with van der Waals surface area (Å²) >= 11 is 0. The van der Waals surface area contributed by atoms with E-state index >= 15 is 0 Å². The highest BCUT2D eigenvalue weighted by Crippen LogP contribution is 2.17. The molecule has 0 aliphatic heterocycles. The lowest BCUT2D eigenvalue weighted by molar-refractivity contribution is 0.863. The van der Waals surface area contributed by atoms with Crippen molar-refractivity contribution in [3.63, 3.8) is 0 Å². The summed E-state index contributed by atoms with van der Waals surface area (Å²) in [6.07, 6.45) is 3.55. The average molecular weight is 221 g/mol. The third-order valence-corrected chi connectivity index (χ3v) is 2.20. The van der Waals surface area contributed by atoms with Crippen LogP contribution in [0.1, 0.15) is 17.2 Å². The standard InChI is InChI=1S/C12H12N2.ClH/c13-12(10-5-2-1-3-6-10)11-7-4-8-14-9-11;/h1-9,12H,13H2;1H/t12-;/m1./s1. The molecule has 1 atom stereocenters. The second kappa shape index (κ2) is 5.49. The Hall–Kier alpha value is -1.38. The van der Waals surface area contributed by atoms with Crippen LogP contribution < -0.4 is 5.73 Å². The molecule has 1 aromatic heterocycles. The van der Waals surface area contributed by atoms with Crippen molar-refractivity contribution >= 4 is 12.4 Å². The van der Waals surface area contributed by atoms with Crippen molar-refractivity contribution in [1.29, 1.82) is 0 Å². The van der Waals surface area contributed by atoms with Crippen LogP contribution in [0.25, 0.3) is 0 Å². The summed E-state index contributed by atoms with van der Waals surface area (Å²) in [6.45, 7) is 0. The fourth-order valence-corrected chi connectivity index (χ4v) is 1.41. The van der Waals surface area contributed by atoms with E-state index in [9.17, 15) is 0 Å². The summed E-state index contributed by atoms with van der Waals surface area (Å²) in [4.78, 5) is 4.05. The molecule has 0 fully saturated rings. The predicted molar refractivity (Wildman–Crippen MR) is 64.0 cm³/mol. The van der Waals surface area contributed by atoms with E-state index in [1.165, 1.54) is 0 Å². The highest BCUT2D eigenvalue weighted by atomic mass is 35.5. The molecule has 2 N–H and O–H groups in total. The minimum absolute atomic E-state index is 0. The number of halogens is 1. The largest absolute Gasteiger partial charge is 0.320 e. The van der Waals surface area contributed by atoms with E-state index in [1.807, 2.05) is 42.5 Å². The van der Waals surface area contributed by atoms with E-state index in [1.54, 1.807) is 12.4 Å². The lowest BCUT2D eigenvalue weighted by Crippen LogP contribution is -2.11. The van der Waals surface area contributed by atoms with Gasteiger partial charge in [-0.2, -0.15) is 0 Å². The van der Waals surface area contributed by atoms with Gasteiger partial charge in [-0.05, 0) is 17.2 Å². The molecule has 0 aliphatic carbocycles. The molecule has 0 saturated carbocycles. The van der Waals surface area contributed by atoms with Crippen molar-refractivity contribution in [3.8, 4) is 0 Å². The minimum atomic E-state index is -0.0788. The fraction of sp³-hybridized carbons (Fsp3) is 0.0833. The topological polar surface area (TPSA) is 38.9 Å². The van der Waals surface area contributed by atoms with Gasteiger partial charge >= 0.3 is 0 Å². The molecule has 15 heavy (non-hydrogen) atoms. The summed E-state index contributed by atoms with van der Waals surface area (Å²) < 4.78 is 0. The van der Waals surface area contributed by atoms with Crippen molar-refractivity contribution in [1.82, 2.24) is 4.98 Å². The first-order chi connectivity index (χ1) is 6.88. The van der Waals surface area contributed by atoms with Crippen LogP contribution in [0.4, 0.5) is 0 Å². The number of rotatable bonds is 2. The molecular formula is C12H13ClN2. The Bertz CT molecular complexity index is 349. The number of benzene rings is 1. The Morgan fingerprint density at radius 1 is 0.933 bits per heavy atom. The van der Waals surface area contributed by atoms with Crippen molar-refractivity contribution < 1.29 is 0 Å².